The maximum absolute atomic E-state index is 11.7. The molecular formula is C9H19N5O2S. The quantitative estimate of drug-likeness (QED) is 0.540. The molecule has 0 amide bonds. The highest BCUT2D eigenvalue weighted by Gasteiger charge is 2.21. The van der Waals surface area contributed by atoms with Crippen molar-refractivity contribution in [2.75, 3.05) is 13.1 Å². The van der Waals surface area contributed by atoms with Crippen LogP contribution in [0, 0.1) is 0 Å². The molecule has 1 rings (SSSR count). The van der Waals surface area contributed by atoms with E-state index in [9.17, 15) is 8.42 Å². The molecule has 1 heterocycles. The van der Waals surface area contributed by atoms with E-state index in [4.69, 9.17) is 5.73 Å². The van der Waals surface area contributed by atoms with Crippen molar-refractivity contribution in [2.45, 2.75) is 31.4 Å². The van der Waals surface area contributed by atoms with Crippen LogP contribution < -0.4 is 10.5 Å². The highest BCUT2D eigenvalue weighted by atomic mass is 32.2. The fourth-order valence-corrected chi connectivity index (χ4v) is 2.81. The van der Waals surface area contributed by atoms with Crippen molar-refractivity contribution in [1.29, 1.82) is 0 Å². The molecule has 1 unspecified atom stereocenters. The van der Waals surface area contributed by atoms with E-state index < -0.39 is 15.3 Å². The number of rotatable bonds is 8. The van der Waals surface area contributed by atoms with Crippen LogP contribution in [0.5, 0.6) is 0 Å². The van der Waals surface area contributed by atoms with E-state index in [1.54, 1.807) is 0 Å². The summed E-state index contributed by atoms with van der Waals surface area (Å²) >= 11 is 0. The van der Waals surface area contributed by atoms with Gasteiger partial charge in [-0.25, -0.2) is 18.1 Å². The van der Waals surface area contributed by atoms with Crippen LogP contribution in [0.25, 0.3) is 0 Å². The summed E-state index contributed by atoms with van der Waals surface area (Å²) in [5.74, 6) is 0.759. The Morgan fingerprint density at radius 1 is 1.59 bits per heavy atom. The molecule has 0 aliphatic rings. The maximum Gasteiger partial charge on any atom is 0.215 e. The number of hydrogen-bond donors (Lipinski definition) is 3. The molecule has 8 heteroatoms. The number of aromatic amines is 1. The molecule has 1 aromatic heterocycles. The van der Waals surface area contributed by atoms with Crippen molar-refractivity contribution in [3.8, 4) is 0 Å². The fraction of sp³-hybridized carbons (Fsp3) is 0.778. The molecule has 0 spiro atoms. The molecule has 17 heavy (non-hydrogen) atoms. The van der Waals surface area contributed by atoms with E-state index in [-0.39, 0.29) is 6.54 Å². The topological polar surface area (TPSA) is 114 Å². The van der Waals surface area contributed by atoms with Gasteiger partial charge in [0.2, 0.25) is 10.0 Å². The van der Waals surface area contributed by atoms with Gasteiger partial charge in [0.1, 0.15) is 12.2 Å². The van der Waals surface area contributed by atoms with E-state index in [0.717, 1.165) is 5.82 Å². The molecule has 0 aromatic carbocycles. The van der Waals surface area contributed by atoms with Crippen LogP contribution in [0.4, 0.5) is 0 Å². The second-order valence-electron chi connectivity index (χ2n) is 3.74. The second kappa shape index (κ2) is 6.67. The van der Waals surface area contributed by atoms with E-state index >= 15 is 0 Å². The summed E-state index contributed by atoms with van der Waals surface area (Å²) in [6, 6.07) is 0. The van der Waals surface area contributed by atoms with Crippen molar-refractivity contribution in [3.05, 3.63) is 12.2 Å². The minimum Gasteiger partial charge on any atom is -0.329 e. The molecule has 98 valence electrons. The predicted molar refractivity (Wildman–Crippen MR) is 64.8 cm³/mol. The molecule has 0 saturated heterocycles. The van der Waals surface area contributed by atoms with E-state index in [1.165, 1.54) is 6.33 Å². The zero-order valence-corrected chi connectivity index (χ0v) is 10.7. The van der Waals surface area contributed by atoms with Gasteiger partial charge in [-0.3, -0.25) is 5.10 Å². The lowest BCUT2D eigenvalue weighted by Gasteiger charge is -2.14. The Labute approximate surface area is 101 Å². The zero-order chi connectivity index (χ0) is 12.7. The van der Waals surface area contributed by atoms with Crippen molar-refractivity contribution in [2.24, 2.45) is 5.73 Å². The van der Waals surface area contributed by atoms with Crippen LogP contribution in [0.3, 0.4) is 0 Å². The summed E-state index contributed by atoms with van der Waals surface area (Å²) in [6.45, 7) is 2.35. The summed E-state index contributed by atoms with van der Waals surface area (Å²) in [6.07, 6.45) is 3.30. The van der Waals surface area contributed by atoms with Crippen molar-refractivity contribution in [1.82, 2.24) is 19.9 Å². The third-order valence-electron chi connectivity index (χ3n) is 2.52. The van der Waals surface area contributed by atoms with Gasteiger partial charge in [0.05, 0.1) is 5.25 Å². The third kappa shape index (κ3) is 4.41. The van der Waals surface area contributed by atoms with Crippen LogP contribution in [-0.2, 0) is 16.4 Å². The number of nitrogens with one attached hydrogen (secondary N) is 2. The number of hydrogen-bond acceptors (Lipinski definition) is 5. The van der Waals surface area contributed by atoms with Crippen LogP contribution in [0.1, 0.15) is 25.6 Å². The minimum absolute atomic E-state index is 0.147. The SMILES string of the molecule is CCC(CN)S(=O)(=O)NCCCc1ncn[nH]1. The summed E-state index contributed by atoms with van der Waals surface area (Å²) in [5.41, 5.74) is 5.41. The molecule has 1 atom stereocenters. The smallest absolute Gasteiger partial charge is 0.215 e. The van der Waals surface area contributed by atoms with Crippen molar-refractivity contribution in [3.63, 3.8) is 0 Å². The highest BCUT2D eigenvalue weighted by molar-refractivity contribution is 7.90. The van der Waals surface area contributed by atoms with Gasteiger partial charge >= 0.3 is 0 Å². The molecule has 7 nitrogen and oxygen atoms in total. The maximum atomic E-state index is 11.7. The van der Waals surface area contributed by atoms with Gasteiger partial charge in [-0.2, -0.15) is 5.10 Å². The van der Waals surface area contributed by atoms with Crippen LogP contribution in [0.15, 0.2) is 6.33 Å². The van der Waals surface area contributed by atoms with Gasteiger partial charge in [0.25, 0.3) is 0 Å². The first-order valence-corrected chi connectivity index (χ1v) is 7.17. The van der Waals surface area contributed by atoms with E-state index in [2.05, 4.69) is 19.9 Å². The number of sulfonamides is 1. The Morgan fingerprint density at radius 2 is 2.35 bits per heavy atom. The molecule has 0 radical (unpaired) electrons. The van der Waals surface area contributed by atoms with Gasteiger partial charge in [-0.15, -0.1) is 0 Å². The lowest BCUT2D eigenvalue weighted by atomic mass is 10.3. The highest BCUT2D eigenvalue weighted by Crippen LogP contribution is 2.02. The van der Waals surface area contributed by atoms with Crippen LogP contribution >= 0.6 is 0 Å². The zero-order valence-electron chi connectivity index (χ0n) is 9.89. The summed E-state index contributed by atoms with van der Waals surface area (Å²) in [4.78, 5) is 3.95. The largest absolute Gasteiger partial charge is 0.329 e. The first kappa shape index (κ1) is 14.1. The molecule has 0 bridgehead atoms. The summed E-state index contributed by atoms with van der Waals surface area (Å²) < 4.78 is 26.0. The van der Waals surface area contributed by atoms with Crippen molar-refractivity contribution >= 4 is 10.0 Å². The number of aromatic nitrogens is 3. The predicted octanol–water partition coefficient (Wildman–Crippen LogP) is -0.606. The summed E-state index contributed by atoms with van der Waals surface area (Å²) in [7, 11) is -3.28. The molecule has 0 fully saturated rings. The van der Waals surface area contributed by atoms with Gasteiger partial charge in [0, 0.05) is 19.5 Å². The Morgan fingerprint density at radius 3 is 2.88 bits per heavy atom. The molecule has 0 aliphatic carbocycles. The minimum atomic E-state index is -3.28. The Balaban J connectivity index is 2.30. The van der Waals surface area contributed by atoms with E-state index in [1.807, 2.05) is 6.92 Å². The molecule has 4 N–H and O–H groups in total. The van der Waals surface area contributed by atoms with Gasteiger partial charge in [-0.1, -0.05) is 6.92 Å². The molecule has 1 aromatic rings. The molecule has 0 aliphatic heterocycles. The number of nitrogens with two attached hydrogens (primary N) is 1. The van der Waals surface area contributed by atoms with Crippen molar-refractivity contribution < 1.29 is 8.42 Å². The fourth-order valence-electron chi connectivity index (χ4n) is 1.45. The first-order valence-electron chi connectivity index (χ1n) is 5.63. The lowest BCUT2D eigenvalue weighted by molar-refractivity contribution is 0.558. The average molecular weight is 261 g/mol. The number of nitrogens with zero attached hydrogens (tertiary/aromatic N) is 2. The standard InChI is InChI=1S/C9H19N5O2S/c1-2-8(6-10)17(15,16)13-5-3-4-9-11-7-12-14-9/h7-8,13H,2-6,10H2,1H3,(H,11,12,14). The van der Waals surface area contributed by atoms with Crippen LogP contribution in [-0.4, -0.2) is 41.9 Å². The first-order chi connectivity index (χ1) is 8.10. The number of H-pyrrole nitrogens is 1. The number of aryl methyl sites for hydroxylation is 1. The van der Waals surface area contributed by atoms with Crippen LogP contribution in [0.2, 0.25) is 0 Å². The van der Waals surface area contributed by atoms with Gasteiger partial charge in [-0.05, 0) is 12.8 Å². The average Bonchev–Trinajstić information content (AvgIpc) is 2.78. The Kier molecular flexibility index (Phi) is 5.52. The lowest BCUT2D eigenvalue weighted by Crippen LogP contribution is -2.39. The second-order valence-corrected chi connectivity index (χ2v) is 5.79. The molecule has 0 saturated carbocycles. The normalized spacial score (nSPS) is 13.8. The third-order valence-corrected chi connectivity index (χ3v) is 4.53. The Bertz CT molecular complexity index is 399. The van der Waals surface area contributed by atoms with E-state index in [0.29, 0.717) is 25.8 Å². The van der Waals surface area contributed by atoms with Gasteiger partial charge in [0.15, 0.2) is 0 Å². The van der Waals surface area contributed by atoms with Gasteiger partial charge < -0.3 is 5.73 Å². The summed E-state index contributed by atoms with van der Waals surface area (Å²) in [5, 5.41) is 5.93. The monoisotopic (exact) mass is 261 g/mol. The molecular weight excluding hydrogens is 242 g/mol. The Hall–Kier alpha value is -0.990.